The molecule has 1 fully saturated rings. The van der Waals surface area contributed by atoms with Crippen molar-refractivity contribution in [2.24, 2.45) is 0 Å². The number of halogens is 1. The number of nitrogens with one attached hydrogen (secondary N) is 1. The zero-order chi connectivity index (χ0) is 11.9. The Morgan fingerprint density at radius 3 is 2.88 bits per heavy atom. The maximum Gasteiger partial charge on any atom is 0.0576 e. The van der Waals surface area contributed by atoms with Crippen molar-refractivity contribution in [2.75, 3.05) is 19.0 Å². The molecule has 1 heterocycles. The smallest absolute Gasteiger partial charge is 0.0576 e. The van der Waals surface area contributed by atoms with Crippen molar-refractivity contribution in [1.29, 1.82) is 0 Å². The molecule has 0 aliphatic carbocycles. The highest BCUT2D eigenvalue weighted by atomic mass is 35.5. The lowest BCUT2D eigenvalue weighted by Crippen LogP contribution is -2.42. The molecule has 0 radical (unpaired) electrons. The Hall–Kier alpha value is 0.210. The Morgan fingerprint density at radius 2 is 2.31 bits per heavy atom. The number of alkyl halides is 1. The van der Waals surface area contributed by atoms with Gasteiger partial charge in [-0.1, -0.05) is 6.92 Å². The van der Waals surface area contributed by atoms with Gasteiger partial charge in [-0.3, -0.25) is 0 Å². The molecule has 3 heteroatoms. The summed E-state index contributed by atoms with van der Waals surface area (Å²) < 4.78 is 5.61. The normalized spacial score (nSPS) is 24.6. The maximum atomic E-state index is 5.82. The minimum atomic E-state index is 0.221. The van der Waals surface area contributed by atoms with Gasteiger partial charge in [-0.15, -0.1) is 11.6 Å². The molecule has 0 bridgehead atoms. The second kappa shape index (κ2) is 7.52. The topological polar surface area (TPSA) is 21.3 Å². The van der Waals surface area contributed by atoms with Crippen molar-refractivity contribution < 1.29 is 4.74 Å². The first-order valence-corrected chi connectivity index (χ1v) is 7.16. The molecule has 0 aromatic rings. The average molecular weight is 248 g/mol. The number of ether oxygens (including phenoxy) is 1. The summed E-state index contributed by atoms with van der Waals surface area (Å²) in [5.74, 6) is 0.739. The van der Waals surface area contributed by atoms with Crippen molar-refractivity contribution in [3.05, 3.63) is 0 Å². The van der Waals surface area contributed by atoms with E-state index in [-0.39, 0.29) is 5.54 Å². The van der Waals surface area contributed by atoms with Crippen molar-refractivity contribution >= 4 is 11.6 Å². The van der Waals surface area contributed by atoms with Crippen LogP contribution < -0.4 is 5.32 Å². The molecule has 16 heavy (non-hydrogen) atoms. The van der Waals surface area contributed by atoms with E-state index in [1.165, 1.54) is 25.7 Å². The Bertz CT molecular complexity index is 183. The minimum absolute atomic E-state index is 0.221. The second-order valence-corrected chi connectivity index (χ2v) is 5.44. The molecule has 1 saturated heterocycles. The Balaban J connectivity index is 2.08. The third-order valence-electron chi connectivity index (χ3n) is 3.71. The fourth-order valence-electron chi connectivity index (χ4n) is 2.19. The van der Waals surface area contributed by atoms with Crippen molar-refractivity contribution in [2.45, 2.75) is 64.0 Å². The number of hydrogen-bond acceptors (Lipinski definition) is 2. The van der Waals surface area contributed by atoms with Crippen LogP contribution in [0.3, 0.4) is 0 Å². The molecule has 0 saturated carbocycles. The highest BCUT2D eigenvalue weighted by Crippen LogP contribution is 2.18. The third-order valence-corrected chi connectivity index (χ3v) is 3.89. The Morgan fingerprint density at radius 1 is 1.50 bits per heavy atom. The van der Waals surface area contributed by atoms with Gasteiger partial charge in [0.25, 0.3) is 0 Å². The lowest BCUT2D eigenvalue weighted by molar-refractivity contribution is 0.102. The molecule has 0 aromatic heterocycles. The first kappa shape index (κ1) is 14.3. The first-order chi connectivity index (χ1) is 7.70. The van der Waals surface area contributed by atoms with Crippen LogP contribution in [-0.4, -0.2) is 30.7 Å². The lowest BCUT2D eigenvalue weighted by Gasteiger charge is -2.29. The predicted molar refractivity (Wildman–Crippen MR) is 70.2 cm³/mol. The van der Waals surface area contributed by atoms with Gasteiger partial charge in [0.05, 0.1) is 6.10 Å². The molecular formula is C13H26ClNO. The van der Waals surface area contributed by atoms with Gasteiger partial charge in [0.2, 0.25) is 0 Å². The van der Waals surface area contributed by atoms with Crippen LogP contribution in [0.25, 0.3) is 0 Å². The lowest BCUT2D eigenvalue weighted by atomic mass is 9.95. The molecule has 2 nitrogen and oxygen atoms in total. The van der Waals surface area contributed by atoms with Gasteiger partial charge in [0.1, 0.15) is 0 Å². The average Bonchev–Trinajstić information content (AvgIpc) is 2.78. The summed E-state index contributed by atoms with van der Waals surface area (Å²) in [5, 5.41) is 3.63. The van der Waals surface area contributed by atoms with E-state index in [1.807, 2.05) is 0 Å². The first-order valence-electron chi connectivity index (χ1n) is 6.63. The van der Waals surface area contributed by atoms with Crippen molar-refractivity contribution in [3.8, 4) is 0 Å². The quantitative estimate of drug-likeness (QED) is 0.525. The second-order valence-electron chi connectivity index (χ2n) is 5.06. The maximum absolute atomic E-state index is 5.82. The van der Waals surface area contributed by atoms with Crippen LogP contribution >= 0.6 is 11.6 Å². The Kier molecular flexibility index (Phi) is 6.71. The van der Waals surface area contributed by atoms with Gasteiger partial charge < -0.3 is 10.1 Å². The van der Waals surface area contributed by atoms with Gasteiger partial charge in [0.15, 0.2) is 0 Å². The van der Waals surface area contributed by atoms with E-state index >= 15 is 0 Å². The van der Waals surface area contributed by atoms with Crippen LogP contribution in [-0.2, 0) is 4.74 Å². The molecule has 1 aliphatic heterocycles. The van der Waals surface area contributed by atoms with E-state index < -0.39 is 0 Å². The monoisotopic (exact) mass is 247 g/mol. The van der Waals surface area contributed by atoms with Crippen LogP contribution in [0.4, 0.5) is 0 Å². The van der Waals surface area contributed by atoms with Crippen LogP contribution in [0.1, 0.15) is 52.4 Å². The SMILES string of the molecule is CCC(C)(CCCl)NCCCC1CCCO1. The number of rotatable bonds is 8. The van der Waals surface area contributed by atoms with E-state index in [0.717, 1.165) is 31.9 Å². The summed E-state index contributed by atoms with van der Waals surface area (Å²) in [6.45, 7) is 6.54. The standard InChI is InChI=1S/C13H26ClNO/c1-3-13(2,8-9-14)15-10-4-6-12-7-5-11-16-12/h12,15H,3-11H2,1-2H3. The van der Waals surface area contributed by atoms with E-state index in [0.29, 0.717) is 6.10 Å². The molecule has 1 rings (SSSR count). The highest BCUT2D eigenvalue weighted by Gasteiger charge is 2.20. The molecule has 1 aliphatic rings. The van der Waals surface area contributed by atoms with Gasteiger partial charge in [-0.05, 0) is 52.0 Å². The van der Waals surface area contributed by atoms with Gasteiger partial charge in [-0.25, -0.2) is 0 Å². The van der Waals surface area contributed by atoms with Crippen molar-refractivity contribution in [1.82, 2.24) is 5.32 Å². The largest absolute Gasteiger partial charge is 0.378 e. The molecule has 0 amide bonds. The molecule has 1 N–H and O–H groups in total. The van der Waals surface area contributed by atoms with Crippen LogP contribution in [0.2, 0.25) is 0 Å². The summed E-state index contributed by atoms with van der Waals surface area (Å²) in [4.78, 5) is 0. The molecule has 0 aromatic carbocycles. The van der Waals surface area contributed by atoms with E-state index in [2.05, 4.69) is 19.2 Å². The van der Waals surface area contributed by atoms with Gasteiger partial charge >= 0.3 is 0 Å². The van der Waals surface area contributed by atoms with Crippen LogP contribution in [0, 0.1) is 0 Å². The van der Waals surface area contributed by atoms with Crippen molar-refractivity contribution in [3.63, 3.8) is 0 Å². The third kappa shape index (κ3) is 5.03. The Labute approximate surface area is 105 Å². The van der Waals surface area contributed by atoms with Gasteiger partial charge in [-0.2, -0.15) is 0 Å². The fourth-order valence-corrected chi connectivity index (χ4v) is 2.61. The molecule has 96 valence electrons. The van der Waals surface area contributed by atoms with E-state index in [9.17, 15) is 0 Å². The van der Waals surface area contributed by atoms with Gasteiger partial charge in [0, 0.05) is 18.0 Å². The highest BCUT2D eigenvalue weighted by molar-refractivity contribution is 6.17. The summed E-state index contributed by atoms with van der Waals surface area (Å²) in [5.41, 5.74) is 0.221. The molecule has 2 unspecified atom stereocenters. The summed E-state index contributed by atoms with van der Waals surface area (Å²) >= 11 is 5.82. The summed E-state index contributed by atoms with van der Waals surface area (Å²) in [6.07, 6.45) is 7.63. The van der Waals surface area contributed by atoms with E-state index in [4.69, 9.17) is 16.3 Å². The minimum Gasteiger partial charge on any atom is -0.378 e. The van der Waals surface area contributed by atoms with E-state index in [1.54, 1.807) is 0 Å². The number of hydrogen-bond donors (Lipinski definition) is 1. The molecular weight excluding hydrogens is 222 g/mol. The summed E-state index contributed by atoms with van der Waals surface area (Å²) in [7, 11) is 0. The zero-order valence-corrected chi connectivity index (χ0v) is 11.5. The molecule has 2 atom stereocenters. The van der Waals surface area contributed by atoms with Crippen LogP contribution in [0.5, 0.6) is 0 Å². The predicted octanol–water partition coefficient (Wildman–Crippen LogP) is 3.33. The summed E-state index contributed by atoms with van der Waals surface area (Å²) in [6, 6.07) is 0. The zero-order valence-electron chi connectivity index (χ0n) is 10.7. The fraction of sp³-hybridized carbons (Fsp3) is 1.00. The van der Waals surface area contributed by atoms with Crippen LogP contribution in [0.15, 0.2) is 0 Å². The molecule has 0 spiro atoms.